The van der Waals surface area contributed by atoms with Gasteiger partial charge in [-0.1, -0.05) is 156 Å². The van der Waals surface area contributed by atoms with Crippen LogP contribution in [0.15, 0.2) is 37.4 Å². The lowest BCUT2D eigenvalue weighted by atomic mass is 9.92. The summed E-state index contributed by atoms with van der Waals surface area (Å²) in [5.41, 5.74) is 1.67. The SMILES string of the molecule is CCCCCCCCC(CCCCCC)CN1C(=O)C2C(=C1c1ccc(Br)s1)C(=O)N(CC(CCCCCC)CCCCCCCC)C2c1ccc(Br)s1. The molecule has 8 heteroatoms. The Labute approximate surface area is 355 Å². The number of hydrogen-bond donors (Lipinski definition) is 0. The molecule has 4 atom stereocenters. The van der Waals surface area contributed by atoms with Gasteiger partial charge in [-0.2, -0.15) is 0 Å². The minimum absolute atomic E-state index is 0.0989. The van der Waals surface area contributed by atoms with Crippen LogP contribution >= 0.6 is 54.5 Å². The number of rotatable bonds is 30. The number of carbonyl (C=O) groups is 2. The zero-order chi connectivity index (χ0) is 38.7. The first kappa shape index (κ1) is 45.7. The van der Waals surface area contributed by atoms with Crippen LogP contribution in [0.5, 0.6) is 0 Å². The fourth-order valence-corrected chi connectivity index (χ4v) is 11.9. The van der Waals surface area contributed by atoms with Crippen LogP contribution in [-0.4, -0.2) is 34.7 Å². The summed E-state index contributed by atoms with van der Waals surface area (Å²) in [5.74, 6) is 0.690. The quantitative estimate of drug-likeness (QED) is 0.0733. The van der Waals surface area contributed by atoms with Crippen LogP contribution in [-0.2, 0) is 9.59 Å². The van der Waals surface area contributed by atoms with E-state index in [4.69, 9.17) is 0 Å². The Morgan fingerprint density at radius 1 is 0.574 bits per heavy atom. The van der Waals surface area contributed by atoms with E-state index in [1.807, 2.05) is 0 Å². The highest BCUT2D eigenvalue weighted by Crippen LogP contribution is 2.53. The van der Waals surface area contributed by atoms with E-state index in [2.05, 4.69) is 93.6 Å². The Balaban J connectivity index is 1.66. The van der Waals surface area contributed by atoms with Crippen LogP contribution in [0, 0.1) is 17.8 Å². The monoisotopic (exact) mass is 906 g/mol. The van der Waals surface area contributed by atoms with E-state index in [1.165, 1.54) is 128 Å². The smallest absolute Gasteiger partial charge is 0.253 e. The average Bonchev–Trinajstić information content (AvgIpc) is 3.92. The van der Waals surface area contributed by atoms with Gasteiger partial charge in [0.25, 0.3) is 5.91 Å². The summed E-state index contributed by atoms with van der Waals surface area (Å²) >= 11 is 10.8. The van der Waals surface area contributed by atoms with Crippen molar-refractivity contribution in [1.82, 2.24) is 9.80 Å². The van der Waals surface area contributed by atoms with Gasteiger partial charge in [0.05, 0.1) is 35.7 Å². The molecule has 2 aromatic rings. The molecule has 0 aromatic carbocycles. The van der Waals surface area contributed by atoms with E-state index in [9.17, 15) is 0 Å². The molecule has 0 saturated carbocycles. The molecule has 2 aromatic heterocycles. The average molecular weight is 909 g/mol. The molecule has 0 N–H and O–H groups in total. The summed E-state index contributed by atoms with van der Waals surface area (Å²) in [6.07, 6.45) is 30.0. The molecule has 1 saturated heterocycles. The number of thiophene rings is 2. The molecule has 2 amide bonds. The maximum absolute atomic E-state index is 15.1. The van der Waals surface area contributed by atoms with Crippen molar-refractivity contribution in [1.29, 1.82) is 0 Å². The van der Waals surface area contributed by atoms with Gasteiger partial charge in [0.2, 0.25) is 5.91 Å². The van der Waals surface area contributed by atoms with Crippen LogP contribution in [0.3, 0.4) is 0 Å². The first-order valence-corrected chi connectivity index (χ1v) is 25.4. The van der Waals surface area contributed by atoms with Gasteiger partial charge >= 0.3 is 0 Å². The number of nitrogens with zero attached hydrogens (tertiary/aromatic N) is 2. The first-order valence-electron chi connectivity index (χ1n) is 22.2. The molecule has 304 valence electrons. The number of unbranched alkanes of at least 4 members (excludes halogenated alkanes) is 16. The lowest BCUT2D eigenvalue weighted by molar-refractivity contribution is -0.131. The molecule has 1 fully saturated rings. The van der Waals surface area contributed by atoms with Crippen LogP contribution in [0.4, 0.5) is 0 Å². The summed E-state index contributed by atoms with van der Waals surface area (Å²) in [7, 11) is 0. The van der Waals surface area contributed by atoms with Crippen molar-refractivity contribution in [3.8, 4) is 0 Å². The van der Waals surface area contributed by atoms with Crippen molar-refractivity contribution >= 4 is 72.0 Å². The largest absolute Gasteiger partial charge is 0.330 e. The molecule has 4 nitrogen and oxygen atoms in total. The van der Waals surface area contributed by atoms with Gasteiger partial charge in [-0.3, -0.25) is 9.59 Å². The zero-order valence-corrected chi connectivity index (χ0v) is 39.1. The Morgan fingerprint density at radius 3 is 1.48 bits per heavy atom. The molecular formula is C46H72Br2N2O2S2. The van der Waals surface area contributed by atoms with Crippen molar-refractivity contribution in [2.45, 2.75) is 188 Å². The third kappa shape index (κ3) is 13.6. The highest BCUT2D eigenvalue weighted by atomic mass is 79.9. The van der Waals surface area contributed by atoms with Crippen LogP contribution in [0.2, 0.25) is 0 Å². The number of amides is 2. The van der Waals surface area contributed by atoms with E-state index >= 15 is 9.59 Å². The van der Waals surface area contributed by atoms with Gasteiger partial charge in [0, 0.05) is 18.0 Å². The predicted octanol–water partition coefficient (Wildman–Crippen LogP) is 15.8. The van der Waals surface area contributed by atoms with E-state index in [0.717, 1.165) is 67.4 Å². The summed E-state index contributed by atoms with van der Waals surface area (Å²) in [4.78, 5) is 36.7. The normalized spacial score (nSPS) is 18.4. The third-order valence-electron chi connectivity index (χ3n) is 12.0. The molecule has 0 spiro atoms. The number of carbonyl (C=O) groups excluding carboxylic acids is 2. The Kier molecular flexibility index (Phi) is 21.5. The van der Waals surface area contributed by atoms with Gasteiger partial charge in [-0.15, -0.1) is 22.7 Å². The van der Waals surface area contributed by atoms with Crippen LogP contribution in [0.25, 0.3) is 5.70 Å². The molecule has 4 rings (SSSR count). The van der Waals surface area contributed by atoms with Gasteiger partial charge in [0.1, 0.15) is 0 Å². The molecule has 0 bridgehead atoms. The van der Waals surface area contributed by atoms with Crippen molar-refractivity contribution in [2.24, 2.45) is 17.8 Å². The second-order valence-electron chi connectivity index (χ2n) is 16.4. The zero-order valence-electron chi connectivity index (χ0n) is 34.3. The predicted molar refractivity (Wildman–Crippen MR) is 241 cm³/mol. The number of halogens is 2. The van der Waals surface area contributed by atoms with E-state index in [-0.39, 0.29) is 17.9 Å². The van der Waals surface area contributed by atoms with Crippen molar-refractivity contribution in [3.63, 3.8) is 0 Å². The van der Waals surface area contributed by atoms with Gasteiger partial charge < -0.3 is 9.80 Å². The second kappa shape index (κ2) is 25.4. The lowest BCUT2D eigenvalue weighted by Crippen LogP contribution is -2.39. The lowest BCUT2D eigenvalue weighted by Gasteiger charge is -2.33. The van der Waals surface area contributed by atoms with E-state index in [1.54, 1.807) is 22.7 Å². The molecule has 4 heterocycles. The maximum atomic E-state index is 15.1. The summed E-state index contributed by atoms with van der Waals surface area (Å²) < 4.78 is 2.10. The fraction of sp³-hybridized carbons (Fsp3) is 0.739. The van der Waals surface area contributed by atoms with Gasteiger partial charge in [0.15, 0.2) is 0 Å². The highest BCUT2D eigenvalue weighted by Gasteiger charge is 2.57. The van der Waals surface area contributed by atoms with Crippen molar-refractivity contribution in [2.75, 3.05) is 13.1 Å². The molecule has 2 aliphatic heterocycles. The van der Waals surface area contributed by atoms with Gasteiger partial charge in [-0.25, -0.2) is 0 Å². The summed E-state index contributed by atoms with van der Waals surface area (Å²) in [6, 6.07) is 8.23. The molecule has 4 unspecified atom stereocenters. The van der Waals surface area contributed by atoms with Crippen molar-refractivity contribution in [3.05, 3.63) is 47.2 Å². The minimum Gasteiger partial charge on any atom is -0.330 e. The first-order chi connectivity index (χ1) is 26.3. The standard InChI is InChI=1S/C46H72Br2N2O2S2/c1-5-9-13-17-19-23-27-35(25-21-15-11-7-3)33-49-43(37-29-31-39(47)53-37)41-42(45(49)51)44(38-30-32-40(48)54-38)50(46(41)52)34-36(26-22-16-12-8-4)28-24-20-18-14-10-6-2/h29-32,35-36,41,43H,5-28,33-34H2,1-4H3. The van der Waals surface area contributed by atoms with Crippen LogP contribution < -0.4 is 0 Å². The molecule has 54 heavy (non-hydrogen) atoms. The Hall–Kier alpha value is -0.960. The van der Waals surface area contributed by atoms with Crippen LogP contribution in [0.1, 0.15) is 198 Å². The Bertz CT molecular complexity index is 1420. The molecule has 0 radical (unpaired) electrons. The summed E-state index contributed by atoms with van der Waals surface area (Å²) in [5, 5.41) is 0. The highest BCUT2D eigenvalue weighted by molar-refractivity contribution is 9.11. The molecule has 0 aliphatic carbocycles. The van der Waals surface area contributed by atoms with E-state index < -0.39 is 5.92 Å². The number of likely N-dealkylation sites (tertiary alicyclic amines) is 1. The fourth-order valence-electron chi connectivity index (χ4n) is 8.91. The Morgan fingerprint density at radius 2 is 1.02 bits per heavy atom. The molecular weight excluding hydrogens is 836 g/mol. The van der Waals surface area contributed by atoms with Gasteiger partial charge in [-0.05, 0) is 93.6 Å². The minimum atomic E-state index is -0.455. The molecule has 2 aliphatic rings. The van der Waals surface area contributed by atoms with E-state index in [0.29, 0.717) is 11.8 Å². The van der Waals surface area contributed by atoms with Crippen molar-refractivity contribution < 1.29 is 9.59 Å². The number of fused-ring (bicyclic) bond motifs is 1. The number of hydrogen-bond acceptors (Lipinski definition) is 4. The summed E-state index contributed by atoms with van der Waals surface area (Å²) in [6.45, 7) is 10.6. The second-order valence-corrected chi connectivity index (χ2v) is 21.3. The topological polar surface area (TPSA) is 40.6 Å². The maximum Gasteiger partial charge on any atom is 0.253 e. The third-order valence-corrected chi connectivity index (χ3v) is 15.3.